The third kappa shape index (κ3) is 7.63. The summed E-state index contributed by atoms with van der Waals surface area (Å²) in [6, 6.07) is 9.45. The maximum absolute atomic E-state index is 14.9. The second-order valence-corrected chi connectivity index (χ2v) is 13.9. The van der Waals surface area contributed by atoms with E-state index in [0.717, 1.165) is 18.7 Å². The first-order chi connectivity index (χ1) is 19.2. The van der Waals surface area contributed by atoms with Crippen LogP contribution in [0.25, 0.3) is 0 Å². The van der Waals surface area contributed by atoms with Crippen LogP contribution in [0, 0.1) is 12.7 Å². The second-order valence-electron chi connectivity index (χ2n) is 11.1. The lowest BCUT2D eigenvalue weighted by Crippen LogP contribution is -2.47. The number of rotatable bonds is 8. The van der Waals surface area contributed by atoms with Gasteiger partial charge in [-0.15, -0.1) is 0 Å². The fourth-order valence-corrected chi connectivity index (χ4v) is 4.96. The van der Waals surface area contributed by atoms with Crippen molar-refractivity contribution in [2.45, 2.75) is 38.9 Å². The van der Waals surface area contributed by atoms with E-state index >= 15 is 0 Å². The number of aryl methyl sites for hydroxylation is 1. The number of hydrogen-bond donors (Lipinski definition) is 3. The SMILES string of the molecule is Cc1cnc(Nc2ccc(CC(=O)N3CCN(C)CC3)c(F)c2)nc1Nc1ccc(Cl)c(NS(=O)(=O)C(C)(C)C)c1. The molecule has 2 heterocycles. The Bertz CT molecular complexity index is 1540. The molecule has 4 rings (SSSR count). The van der Waals surface area contributed by atoms with Crippen LogP contribution in [0.2, 0.25) is 5.02 Å². The van der Waals surface area contributed by atoms with E-state index in [1.165, 1.54) is 6.07 Å². The molecule has 1 aliphatic heterocycles. The first-order valence-corrected chi connectivity index (χ1v) is 15.0. The fourth-order valence-electron chi connectivity index (χ4n) is 3.97. The van der Waals surface area contributed by atoms with Crippen LogP contribution in [0.3, 0.4) is 0 Å². The van der Waals surface area contributed by atoms with Gasteiger partial charge >= 0.3 is 0 Å². The van der Waals surface area contributed by atoms with Crippen LogP contribution in [0.1, 0.15) is 31.9 Å². The molecule has 0 spiro atoms. The maximum Gasteiger partial charge on any atom is 0.237 e. The average molecular weight is 604 g/mol. The molecule has 1 fully saturated rings. The van der Waals surface area contributed by atoms with Crippen LogP contribution >= 0.6 is 11.6 Å². The summed E-state index contributed by atoms with van der Waals surface area (Å²) in [4.78, 5) is 25.3. The van der Waals surface area contributed by atoms with Crippen molar-refractivity contribution in [2.24, 2.45) is 0 Å². The lowest BCUT2D eigenvalue weighted by molar-refractivity contribution is -0.132. The number of hydrogen-bond acceptors (Lipinski definition) is 8. The van der Waals surface area contributed by atoms with Crippen LogP contribution in [0.15, 0.2) is 42.6 Å². The number of carbonyl (C=O) groups is 1. The highest BCUT2D eigenvalue weighted by Crippen LogP contribution is 2.31. The predicted molar refractivity (Wildman–Crippen MR) is 161 cm³/mol. The van der Waals surface area contributed by atoms with Crippen molar-refractivity contribution in [3.8, 4) is 0 Å². The molecule has 0 bridgehead atoms. The van der Waals surface area contributed by atoms with E-state index in [-0.39, 0.29) is 29.0 Å². The lowest BCUT2D eigenvalue weighted by atomic mass is 10.1. The molecule has 0 atom stereocenters. The van der Waals surface area contributed by atoms with Gasteiger partial charge in [-0.05, 0) is 70.6 Å². The summed E-state index contributed by atoms with van der Waals surface area (Å²) >= 11 is 6.25. The maximum atomic E-state index is 14.9. The molecule has 3 N–H and O–H groups in total. The molecule has 220 valence electrons. The highest BCUT2D eigenvalue weighted by Gasteiger charge is 2.29. The van der Waals surface area contributed by atoms with Crippen molar-refractivity contribution in [2.75, 3.05) is 48.6 Å². The molecule has 0 saturated carbocycles. The summed E-state index contributed by atoms with van der Waals surface area (Å²) < 4.78 is 41.7. The Morgan fingerprint density at radius 3 is 2.37 bits per heavy atom. The third-order valence-corrected chi connectivity index (χ3v) is 9.19. The van der Waals surface area contributed by atoms with Crippen LogP contribution in [-0.2, 0) is 21.2 Å². The third-order valence-electron chi connectivity index (χ3n) is 6.76. The van der Waals surface area contributed by atoms with Crippen LogP contribution in [0.5, 0.6) is 0 Å². The van der Waals surface area contributed by atoms with E-state index in [1.54, 1.807) is 62.2 Å². The number of amides is 1. The predicted octanol–water partition coefficient (Wildman–Crippen LogP) is 4.92. The van der Waals surface area contributed by atoms with Gasteiger partial charge in [0.05, 0.1) is 21.9 Å². The summed E-state index contributed by atoms with van der Waals surface area (Å²) in [6.07, 6.45) is 1.61. The molecule has 2 aromatic carbocycles. The number of sulfonamides is 1. The van der Waals surface area contributed by atoms with E-state index < -0.39 is 20.6 Å². The summed E-state index contributed by atoms with van der Waals surface area (Å²) in [5.74, 6) is 0.104. The molecule has 10 nitrogen and oxygen atoms in total. The van der Waals surface area contributed by atoms with E-state index in [4.69, 9.17) is 11.6 Å². The summed E-state index contributed by atoms with van der Waals surface area (Å²) in [5.41, 5.74) is 2.27. The van der Waals surface area contributed by atoms with Crippen molar-refractivity contribution in [1.29, 1.82) is 0 Å². The Morgan fingerprint density at radius 1 is 1.05 bits per heavy atom. The molecule has 3 aromatic rings. The molecule has 0 aliphatic carbocycles. The minimum atomic E-state index is -3.69. The Labute approximate surface area is 245 Å². The molecule has 1 aliphatic rings. The summed E-state index contributed by atoms with van der Waals surface area (Å²) in [7, 11) is -1.67. The van der Waals surface area contributed by atoms with Gasteiger partial charge in [-0.2, -0.15) is 4.98 Å². The quantitative estimate of drug-likeness (QED) is 0.332. The second kappa shape index (κ2) is 12.2. The van der Waals surface area contributed by atoms with Crippen LogP contribution in [0.4, 0.5) is 33.2 Å². The van der Waals surface area contributed by atoms with Crippen LogP contribution in [-0.4, -0.2) is 72.1 Å². The van der Waals surface area contributed by atoms with Gasteiger partial charge in [-0.3, -0.25) is 9.52 Å². The highest BCUT2D eigenvalue weighted by molar-refractivity contribution is 7.94. The Morgan fingerprint density at radius 2 is 1.71 bits per heavy atom. The van der Waals surface area contributed by atoms with Gasteiger partial charge < -0.3 is 20.4 Å². The Kier molecular flexibility index (Phi) is 9.05. The lowest BCUT2D eigenvalue weighted by Gasteiger charge is -2.32. The Hall–Kier alpha value is -3.48. The molecule has 1 aromatic heterocycles. The van der Waals surface area contributed by atoms with Crippen molar-refractivity contribution in [3.63, 3.8) is 0 Å². The van der Waals surface area contributed by atoms with Gasteiger partial charge in [0.25, 0.3) is 0 Å². The van der Waals surface area contributed by atoms with Gasteiger partial charge in [-0.1, -0.05) is 17.7 Å². The average Bonchev–Trinajstić information content (AvgIpc) is 2.89. The number of carbonyl (C=O) groups excluding carboxylic acids is 1. The summed E-state index contributed by atoms with van der Waals surface area (Å²) in [5, 5.41) is 6.41. The minimum Gasteiger partial charge on any atom is -0.340 e. The number of halogens is 2. The van der Waals surface area contributed by atoms with Gasteiger partial charge in [-0.25, -0.2) is 17.8 Å². The number of anilines is 5. The molecular weight excluding hydrogens is 569 g/mol. The van der Waals surface area contributed by atoms with Crippen molar-refractivity contribution in [3.05, 3.63) is 64.6 Å². The number of aromatic nitrogens is 2. The molecule has 0 unspecified atom stereocenters. The number of piperazine rings is 1. The van der Waals surface area contributed by atoms with E-state index in [9.17, 15) is 17.6 Å². The van der Waals surface area contributed by atoms with Crippen molar-refractivity contribution >= 4 is 56.4 Å². The first-order valence-electron chi connectivity index (χ1n) is 13.2. The van der Waals surface area contributed by atoms with Gasteiger partial charge in [0.15, 0.2) is 0 Å². The molecule has 13 heteroatoms. The number of nitrogens with zero attached hydrogens (tertiary/aromatic N) is 4. The molecule has 0 radical (unpaired) electrons. The minimum absolute atomic E-state index is 0.0000811. The van der Waals surface area contributed by atoms with Crippen molar-refractivity contribution < 1.29 is 17.6 Å². The van der Waals surface area contributed by atoms with Crippen molar-refractivity contribution in [1.82, 2.24) is 19.8 Å². The zero-order valence-corrected chi connectivity index (χ0v) is 25.3. The largest absolute Gasteiger partial charge is 0.340 e. The van der Waals surface area contributed by atoms with E-state index in [0.29, 0.717) is 35.8 Å². The first kappa shape index (κ1) is 30.5. The zero-order chi connectivity index (χ0) is 29.9. The van der Waals surface area contributed by atoms with Gasteiger partial charge in [0.1, 0.15) is 11.6 Å². The molecule has 1 amide bonds. The Balaban J connectivity index is 1.46. The molecule has 41 heavy (non-hydrogen) atoms. The number of likely N-dealkylation sites (N-methyl/N-ethyl adjacent to an activating group) is 1. The van der Waals surface area contributed by atoms with Gasteiger partial charge in [0.2, 0.25) is 21.9 Å². The summed E-state index contributed by atoms with van der Waals surface area (Å²) in [6.45, 7) is 9.49. The van der Waals surface area contributed by atoms with Crippen LogP contribution < -0.4 is 15.4 Å². The number of nitrogens with one attached hydrogen (secondary N) is 3. The highest BCUT2D eigenvalue weighted by atomic mass is 35.5. The fraction of sp³-hybridized carbons (Fsp3) is 0.393. The smallest absolute Gasteiger partial charge is 0.237 e. The topological polar surface area (TPSA) is 120 Å². The normalized spacial score (nSPS) is 14.6. The molecular formula is C28H35ClFN7O3S. The number of benzene rings is 2. The van der Waals surface area contributed by atoms with E-state index in [1.807, 2.05) is 14.0 Å². The van der Waals surface area contributed by atoms with E-state index in [2.05, 4.69) is 30.2 Å². The standard InChI is InChI=1S/C28H35ClFN7O3S/c1-18-17-31-27(33-20-7-6-19(23(30)15-20)14-25(38)37-12-10-36(5)11-13-37)34-26(18)32-21-8-9-22(29)24(16-21)35-41(39,40)28(2,3)4/h6-9,15-17,35H,10-14H2,1-5H3,(H2,31,32,33,34). The zero-order valence-electron chi connectivity index (χ0n) is 23.8. The monoisotopic (exact) mass is 603 g/mol. The van der Waals surface area contributed by atoms with Gasteiger partial charge in [0, 0.05) is 49.3 Å². The molecule has 1 saturated heterocycles.